The Morgan fingerprint density at radius 3 is 2.80 bits per heavy atom. The van der Waals surface area contributed by atoms with Gasteiger partial charge in [0.2, 0.25) is 11.8 Å². The fourth-order valence-corrected chi connectivity index (χ4v) is 2.09. The lowest BCUT2D eigenvalue weighted by Gasteiger charge is -2.13. The molecule has 2 rings (SSSR count). The predicted molar refractivity (Wildman–Crippen MR) is 82.7 cm³/mol. The van der Waals surface area contributed by atoms with E-state index in [1.165, 1.54) is 12.3 Å². The highest BCUT2D eigenvalue weighted by molar-refractivity contribution is 5.75. The number of alkyl halides is 3. The van der Waals surface area contributed by atoms with Gasteiger partial charge >= 0.3 is 6.18 Å². The molecular formula is C15H18F3N5O2. The molecule has 7 nitrogen and oxygen atoms in total. The van der Waals surface area contributed by atoms with Crippen molar-refractivity contribution in [3.63, 3.8) is 0 Å². The van der Waals surface area contributed by atoms with Gasteiger partial charge in [-0.2, -0.15) is 18.2 Å². The zero-order valence-corrected chi connectivity index (χ0v) is 13.6. The van der Waals surface area contributed by atoms with E-state index in [9.17, 15) is 18.0 Å². The smallest absolute Gasteiger partial charge is 0.368 e. The standard InChI is InChI=1S/C15H18F3N5O2/c1-10-22-13(25-23-10)6-2-5-12(24)19-8-9-21-14-11(15(16,17)18)4-3-7-20-14/h3-4,7H,2,5-6,8-9H2,1H3,(H,19,24)(H,20,21). The molecule has 0 spiro atoms. The number of pyridine rings is 1. The van der Waals surface area contributed by atoms with Crippen LogP contribution in [0.1, 0.15) is 30.1 Å². The molecule has 0 saturated carbocycles. The SMILES string of the molecule is Cc1noc(CCCC(=O)NCCNc2ncccc2C(F)(F)F)n1. The van der Waals surface area contributed by atoms with E-state index in [2.05, 4.69) is 25.8 Å². The third-order valence-electron chi connectivity index (χ3n) is 3.22. The van der Waals surface area contributed by atoms with Crippen LogP contribution in [-0.2, 0) is 17.4 Å². The summed E-state index contributed by atoms with van der Waals surface area (Å²) in [6, 6.07) is 2.17. The molecule has 0 aliphatic rings. The van der Waals surface area contributed by atoms with Gasteiger partial charge in [0.05, 0.1) is 5.56 Å². The van der Waals surface area contributed by atoms with E-state index >= 15 is 0 Å². The zero-order chi connectivity index (χ0) is 18.3. The second-order valence-corrected chi connectivity index (χ2v) is 5.26. The molecule has 0 radical (unpaired) electrons. The molecule has 2 aromatic heterocycles. The van der Waals surface area contributed by atoms with Crippen LogP contribution < -0.4 is 10.6 Å². The molecular weight excluding hydrogens is 339 g/mol. The third-order valence-corrected chi connectivity index (χ3v) is 3.22. The van der Waals surface area contributed by atoms with Crippen molar-refractivity contribution in [2.45, 2.75) is 32.4 Å². The molecule has 0 fully saturated rings. The lowest BCUT2D eigenvalue weighted by Crippen LogP contribution is -2.29. The van der Waals surface area contributed by atoms with Crippen molar-refractivity contribution in [2.24, 2.45) is 0 Å². The molecule has 2 aromatic rings. The molecule has 2 N–H and O–H groups in total. The van der Waals surface area contributed by atoms with Gasteiger partial charge < -0.3 is 15.2 Å². The number of nitrogens with one attached hydrogen (secondary N) is 2. The molecule has 136 valence electrons. The number of nitrogens with zero attached hydrogens (tertiary/aromatic N) is 3. The van der Waals surface area contributed by atoms with Crippen molar-refractivity contribution in [2.75, 3.05) is 18.4 Å². The number of carbonyl (C=O) groups excluding carboxylic acids is 1. The minimum atomic E-state index is -4.48. The van der Waals surface area contributed by atoms with Crippen molar-refractivity contribution in [3.8, 4) is 0 Å². The molecule has 25 heavy (non-hydrogen) atoms. The molecule has 1 amide bonds. The Balaban J connectivity index is 1.66. The first-order valence-electron chi connectivity index (χ1n) is 7.68. The summed E-state index contributed by atoms with van der Waals surface area (Å²) >= 11 is 0. The van der Waals surface area contributed by atoms with Crippen LogP contribution in [0, 0.1) is 6.92 Å². The molecule has 0 aliphatic carbocycles. The minimum Gasteiger partial charge on any atom is -0.368 e. The van der Waals surface area contributed by atoms with Crippen LogP contribution in [0.2, 0.25) is 0 Å². The van der Waals surface area contributed by atoms with Crippen molar-refractivity contribution in [1.29, 1.82) is 0 Å². The van der Waals surface area contributed by atoms with Gasteiger partial charge in [-0.25, -0.2) is 4.98 Å². The lowest BCUT2D eigenvalue weighted by atomic mass is 10.2. The van der Waals surface area contributed by atoms with Gasteiger partial charge in [0.1, 0.15) is 5.82 Å². The number of hydrogen-bond donors (Lipinski definition) is 2. The molecule has 2 heterocycles. The average Bonchev–Trinajstić information content (AvgIpc) is 2.96. The fourth-order valence-electron chi connectivity index (χ4n) is 2.09. The number of rotatable bonds is 8. The van der Waals surface area contributed by atoms with Crippen LogP contribution in [-0.4, -0.2) is 34.1 Å². The molecule has 10 heteroatoms. The minimum absolute atomic E-state index is 0.134. The Morgan fingerprint density at radius 2 is 2.12 bits per heavy atom. The number of hydrogen-bond acceptors (Lipinski definition) is 6. The number of anilines is 1. The third kappa shape index (κ3) is 6.05. The van der Waals surface area contributed by atoms with E-state index in [0.29, 0.717) is 24.6 Å². The average molecular weight is 357 g/mol. The zero-order valence-electron chi connectivity index (χ0n) is 13.6. The molecule has 0 aliphatic heterocycles. The molecule has 0 saturated heterocycles. The van der Waals surface area contributed by atoms with E-state index in [-0.39, 0.29) is 31.2 Å². The first kappa shape index (κ1) is 18.7. The van der Waals surface area contributed by atoms with Crippen LogP contribution in [0.3, 0.4) is 0 Å². The summed E-state index contributed by atoms with van der Waals surface area (Å²) in [4.78, 5) is 19.4. The highest BCUT2D eigenvalue weighted by atomic mass is 19.4. The second kappa shape index (κ2) is 8.45. The normalized spacial score (nSPS) is 11.4. The summed E-state index contributed by atoms with van der Waals surface area (Å²) in [5.74, 6) is 0.561. The number of amides is 1. The Bertz CT molecular complexity index is 702. The molecule has 0 aromatic carbocycles. The number of halogens is 3. The Morgan fingerprint density at radius 1 is 1.32 bits per heavy atom. The highest BCUT2D eigenvalue weighted by Crippen LogP contribution is 2.33. The maximum absolute atomic E-state index is 12.8. The summed E-state index contributed by atoms with van der Waals surface area (Å²) < 4.78 is 43.3. The molecule has 0 unspecified atom stereocenters. The summed E-state index contributed by atoms with van der Waals surface area (Å²) in [6.07, 6.45) is -1.91. The van der Waals surface area contributed by atoms with E-state index in [1.54, 1.807) is 6.92 Å². The molecule has 0 bridgehead atoms. The van der Waals surface area contributed by atoms with Crippen molar-refractivity contribution < 1.29 is 22.5 Å². The largest absolute Gasteiger partial charge is 0.419 e. The van der Waals surface area contributed by atoms with Crippen LogP contribution >= 0.6 is 0 Å². The van der Waals surface area contributed by atoms with E-state index in [4.69, 9.17) is 4.52 Å². The van der Waals surface area contributed by atoms with Gasteiger partial charge in [-0.05, 0) is 25.5 Å². The van der Waals surface area contributed by atoms with Crippen molar-refractivity contribution in [3.05, 3.63) is 35.6 Å². The quantitative estimate of drug-likeness (QED) is 0.705. The van der Waals surface area contributed by atoms with Crippen molar-refractivity contribution >= 4 is 11.7 Å². The lowest BCUT2D eigenvalue weighted by molar-refractivity contribution is -0.137. The monoisotopic (exact) mass is 357 g/mol. The Kier molecular flexibility index (Phi) is 6.31. The summed E-state index contributed by atoms with van der Waals surface area (Å²) in [6.45, 7) is 2.03. The van der Waals surface area contributed by atoms with Crippen LogP contribution in [0.4, 0.5) is 19.0 Å². The summed E-state index contributed by atoms with van der Waals surface area (Å²) in [7, 11) is 0. The van der Waals surface area contributed by atoms with Gasteiger partial charge in [-0.1, -0.05) is 5.16 Å². The van der Waals surface area contributed by atoms with Crippen molar-refractivity contribution in [1.82, 2.24) is 20.4 Å². The number of aryl methyl sites for hydroxylation is 2. The van der Waals surface area contributed by atoms with Gasteiger partial charge in [-0.3, -0.25) is 4.79 Å². The Hall–Kier alpha value is -2.65. The van der Waals surface area contributed by atoms with E-state index in [0.717, 1.165) is 6.07 Å². The topological polar surface area (TPSA) is 92.9 Å². The van der Waals surface area contributed by atoms with Crippen LogP contribution in [0.25, 0.3) is 0 Å². The fraction of sp³-hybridized carbons (Fsp3) is 0.467. The number of carbonyl (C=O) groups is 1. The highest BCUT2D eigenvalue weighted by Gasteiger charge is 2.33. The van der Waals surface area contributed by atoms with Gasteiger partial charge in [0.15, 0.2) is 5.82 Å². The summed E-state index contributed by atoms with van der Waals surface area (Å²) in [5.41, 5.74) is -0.837. The molecule has 0 atom stereocenters. The van der Waals surface area contributed by atoms with E-state index in [1.807, 2.05) is 0 Å². The maximum atomic E-state index is 12.8. The van der Waals surface area contributed by atoms with Crippen LogP contribution in [0.15, 0.2) is 22.9 Å². The summed E-state index contributed by atoms with van der Waals surface area (Å²) in [5, 5.41) is 8.85. The van der Waals surface area contributed by atoms with Crippen LogP contribution in [0.5, 0.6) is 0 Å². The Labute approximate surface area is 142 Å². The second-order valence-electron chi connectivity index (χ2n) is 5.26. The first-order valence-corrected chi connectivity index (χ1v) is 7.68. The van der Waals surface area contributed by atoms with Gasteiger partial charge in [-0.15, -0.1) is 0 Å². The van der Waals surface area contributed by atoms with Gasteiger partial charge in [0.25, 0.3) is 0 Å². The maximum Gasteiger partial charge on any atom is 0.419 e. The van der Waals surface area contributed by atoms with E-state index < -0.39 is 11.7 Å². The predicted octanol–water partition coefficient (Wildman–Crippen LogP) is 2.34. The first-order chi connectivity index (χ1) is 11.9. The number of aromatic nitrogens is 3. The van der Waals surface area contributed by atoms with Gasteiger partial charge in [0, 0.05) is 32.1 Å².